The molecule has 0 saturated heterocycles. The Labute approximate surface area is 167 Å². The number of nitrogens with zero attached hydrogens (tertiary/aromatic N) is 2. The maximum absolute atomic E-state index is 12.6. The van der Waals surface area contributed by atoms with Crippen molar-refractivity contribution in [3.05, 3.63) is 91.8 Å². The SMILES string of the molecule is O=C(OCc1nc2scc(-c3ccccc3)c2c(=O)[nH]1)c1cccc([N+](=O)[O-])c1. The summed E-state index contributed by atoms with van der Waals surface area (Å²) in [7, 11) is 0. The fourth-order valence-corrected chi connectivity index (χ4v) is 3.82. The molecule has 0 spiro atoms. The predicted molar refractivity (Wildman–Crippen MR) is 108 cm³/mol. The van der Waals surface area contributed by atoms with E-state index in [4.69, 9.17) is 4.74 Å². The number of nitro groups is 1. The Balaban J connectivity index is 1.57. The lowest BCUT2D eigenvalue weighted by Crippen LogP contribution is -2.14. The molecule has 29 heavy (non-hydrogen) atoms. The molecule has 1 N–H and O–H groups in total. The number of nitro benzene ring substituents is 1. The highest BCUT2D eigenvalue weighted by atomic mass is 32.1. The van der Waals surface area contributed by atoms with Crippen LogP contribution in [0.2, 0.25) is 0 Å². The number of aromatic nitrogens is 2. The van der Waals surface area contributed by atoms with Gasteiger partial charge in [-0.15, -0.1) is 11.3 Å². The van der Waals surface area contributed by atoms with E-state index in [9.17, 15) is 19.7 Å². The van der Waals surface area contributed by atoms with Gasteiger partial charge in [-0.2, -0.15) is 0 Å². The molecular formula is C20H13N3O5S. The summed E-state index contributed by atoms with van der Waals surface area (Å²) in [6.45, 7) is -0.259. The largest absolute Gasteiger partial charge is 0.454 e. The lowest BCUT2D eigenvalue weighted by molar-refractivity contribution is -0.384. The number of carbonyl (C=O) groups excluding carboxylic acids is 1. The number of esters is 1. The van der Waals surface area contributed by atoms with Gasteiger partial charge in [-0.25, -0.2) is 9.78 Å². The number of carbonyl (C=O) groups is 1. The Morgan fingerprint density at radius 1 is 1.17 bits per heavy atom. The maximum atomic E-state index is 12.6. The van der Waals surface area contributed by atoms with Crippen LogP contribution in [-0.2, 0) is 11.3 Å². The summed E-state index contributed by atoms with van der Waals surface area (Å²) in [4.78, 5) is 42.5. The van der Waals surface area contributed by atoms with Crippen LogP contribution in [0.5, 0.6) is 0 Å². The molecule has 0 fully saturated rings. The van der Waals surface area contributed by atoms with Gasteiger partial charge >= 0.3 is 5.97 Å². The highest BCUT2D eigenvalue weighted by Gasteiger charge is 2.15. The van der Waals surface area contributed by atoms with E-state index in [2.05, 4.69) is 9.97 Å². The first-order valence-corrected chi connectivity index (χ1v) is 9.38. The van der Waals surface area contributed by atoms with Gasteiger partial charge in [0.25, 0.3) is 11.2 Å². The molecular weight excluding hydrogens is 394 g/mol. The number of benzene rings is 2. The van der Waals surface area contributed by atoms with E-state index in [1.807, 2.05) is 35.7 Å². The maximum Gasteiger partial charge on any atom is 0.338 e. The van der Waals surface area contributed by atoms with Gasteiger partial charge in [0.05, 0.1) is 15.9 Å². The van der Waals surface area contributed by atoms with Gasteiger partial charge in [0, 0.05) is 23.1 Å². The molecule has 0 atom stereocenters. The van der Waals surface area contributed by atoms with Gasteiger partial charge in [0.1, 0.15) is 17.3 Å². The quantitative estimate of drug-likeness (QED) is 0.305. The van der Waals surface area contributed by atoms with Gasteiger partial charge < -0.3 is 9.72 Å². The van der Waals surface area contributed by atoms with Crippen LogP contribution in [-0.4, -0.2) is 20.9 Å². The third kappa shape index (κ3) is 3.76. The molecule has 0 saturated carbocycles. The van der Waals surface area contributed by atoms with Crippen molar-refractivity contribution in [2.75, 3.05) is 0 Å². The Morgan fingerprint density at radius 3 is 2.72 bits per heavy atom. The predicted octanol–water partition coefficient (Wildman–Crippen LogP) is 3.92. The number of H-pyrrole nitrogens is 1. The first kappa shape index (κ1) is 18.5. The second kappa shape index (κ2) is 7.64. The Morgan fingerprint density at radius 2 is 1.97 bits per heavy atom. The van der Waals surface area contributed by atoms with Crippen LogP contribution in [0.25, 0.3) is 21.3 Å². The second-order valence-electron chi connectivity index (χ2n) is 6.09. The molecule has 0 aliphatic carbocycles. The molecule has 4 rings (SSSR count). The van der Waals surface area contributed by atoms with E-state index in [1.54, 1.807) is 0 Å². The van der Waals surface area contributed by atoms with E-state index < -0.39 is 10.9 Å². The minimum atomic E-state index is -0.743. The molecule has 144 valence electrons. The molecule has 0 amide bonds. The highest BCUT2D eigenvalue weighted by Crippen LogP contribution is 2.30. The molecule has 0 unspecified atom stereocenters. The standard InChI is InChI=1S/C20H13N3O5S/c24-18-17-15(12-5-2-1-3-6-12)11-29-19(17)22-16(21-18)10-28-20(25)13-7-4-8-14(9-13)23(26)27/h1-9,11H,10H2,(H,21,22,24). The van der Waals surface area contributed by atoms with E-state index in [-0.39, 0.29) is 29.2 Å². The molecule has 0 bridgehead atoms. The summed E-state index contributed by atoms with van der Waals surface area (Å²) in [6, 6.07) is 14.7. The number of fused-ring (bicyclic) bond motifs is 1. The van der Waals surface area contributed by atoms with Crippen LogP contribution in [0.4, 0.5) is 5.69 Å². The van der Waals surface area contributed by atoms with E-state index in [1.165, 1.54) is 29.5 Å². The Hall–Kier alpha value is -3.85. The van der Waals surface area contributed by atoms with Crippen LogP contribution in [0.15, 0.2) is 64.8 Å². The molecule has 2 aromatic carbocycles. The number of rotatable bonds is 5. The van der Waals surface area contributed by atoms with Crippen molar-refractivity contribution in [2.45, 2.75) is 6.61 Å². The van der Waals surface area contributed by atoms with E-state index in [0.29, 0.717) is 10.2 Å². The average molecular weight is 407 g/mol. The normalized spacial score (nSPS) is 10.8. The van der Waals surface area contributed by atoms with E-state index >= 15 is 0 Å². The number of aromatic amines is 1. The summed E-state index contributed by atoms with van der Waals surface area (Å²) in [6.07, 6.45) is 0. The lowest BCUT2D eigenvalue weighted by atomic mass is 10.1. The topological polar surface area (TPSA) is 115 Å². The molecule has 0 aliphatic heterocycles. The molecule has 4 aromatic rings. The van der Waals surface area contributed by atoms with Crippen molar-refractivity contribution in [3.63, 3.8) is 0 Å². The van der Waals surface area contributed by atoms with Crippen molar-refractivity contribution in [2.24, 2.45) is 0 Å². The Bertz CT molecular complexity index is 1280. The third-order valence-corrected chi connectivity index (χ3v) is 5.08. The second-order valence-corrected chi connectivity index (χ2v) is 6.95. The summed E-state index contributed by atoms with van der Waals surface area (Å²) >= 11 is 1.33. The first-order valence-electron chi connectivity index (χ1n) is 8.50. The van der Waals surface area contributed by atoms with Crippen molar-refractivity contribution >= 4 is 33.2 Å². The van der Waals surface area contributed by atoms with Crippen molar-refractivity contribution < 1.29 is 14.5 Å². The molecule has 9 heteroatoms. The van der Waals surface area contributed by atoms with Gasteiger partial charge in [-0.3, -0.25) is 14.9 Å². The van der Waals surface area contributed by atoms with Crippen LogP contribution in [0, 0.1) is 10.1 Å². The third-order valence-electron chi connectivity index (χ3n) is 4.21. The van der Waals surface area contributed by atoms with Crippen molar-refractivity contribution in [1.29, 1.82) is 0 Å². The number of hydrogen-bond donors (Lipinski definition) is 1. The number of ether oxygens (including phenoxy) is 1. The summed E-state index contributed by atoms with van der Waals surface area (Å²) in [5.41, 5.74) is 1.22. The lowest BCUT2D eigenvalue weighted by Gasteiger charge is -2.05. The van der Waals surface area contributed by atoms with E-state index in [0.717, 1.165) is 17.2 Å². The zero-order chi connectivity index (χ0) is 20.4. The van der Waals surface area contributed by atoms with Gasteiger partial charge in [0.15, 0.2) is 0 Å². The zero-order valence-corrected chi connectivity index (χ0v) is 15.6. The fraction of sp³-hybridized carbons (Fsp3) is 0.0500. The average Bonchev–Trinajstić information content (AvgIpc) is 3.17. The van der Waals surface area contributed by atoms with Gasteiger partial charge in [0.2, 0.25) is 0 Å². The monoisotopic (exact) mass is 407 g/mol. The van der Waals surface area contributed by atoms with Crippen molar-refractivity contribution in [3.8, 4) is 11.1 Å². The minimum absolute atomic E-state index is 0.0464. The number of nitrogens with one attached hydrogen (secondary N) is 1. The Kier molecular flexibility index (Phi) is 4.88. The number of hydrogen-bond acceptors (Lipinski definition) is 7. The van der Waals surface area contributed by atoms with Gasteiger partial charge in [-0.05, 0) is 11.6 Å². The first-order chi connectivity index (χ1) is 14.0. The minimum Gasteiger partial charge on any atom is -0.454 e. The molecule has 2 aromatic heterocycles. The van der Waals surface area contributed by atoms with Gasteiger partial charge in [-0.1, -0.05) is 36.4 Å². The molecule has 2 heterocycles. The molecule has 0 aliphatic rings. The number of non-ortho nitro benzene ring substituents is 1. The van der Waals surface area contributed by atoms with Crippen molar-refractivity contribution in [1.82, 2.24) is 9.97 Å². The highest BCUT2D eigenvalue weighted by molar-refractivity contribution is 7.17. The number of thiophene rings is 1. The summed E-state index contributed by atoms with van der Waals surface area (Å²) in [5.74, 6) is -0.546. The summed E-state index contributed by atoms with van der Waals surface area (Å²) in [5, 5.41) is 13.2. The fourth-order valence-electron chi connectivity index (χ4n) is 2.86. The van der Waals surface area contributed by atoms with Crippen LogP contribution in [0.1, 0.15) is 16.2 Å². The smallest absolute Gasteiger partial charge is 0.338 e. The van der Waals surface area contributed by atoms with Crippen LogP contribution in [0.3, 0.4) is 0 Å². The van der Waals surface area contributed by atoms with Crippen LogP contribution >= 0.6 is 11.3 Å². The zero-order valence-electron chi connectivity index (χ0n) is 14.8. The molecule has 0 radical (unpaired) electrons. The summed E-state index contributed by atoms with van der Waals surface area (Å²) < 4.78 is 5.15. The van der Waals surface area contributed by atoms with Crippen LogP contribution < -0.4 is 5.56 Å². The molecule has 8 nitrogen and oxygen atoms in total.